The van der Waals surface area contributed by atoms with Crippen molar-refractivity contribution in [3.63, 3.8) is 0 Å². The van der Waals surface area contributed by atoms with Crippen molar-refractivity contribution < 1.29 is 23.9 Å². The van der Waals surface area contributed by atoms with Crippen molar-refractivity contribution in [1.29, 1.82) is 0 Å². The lowest BCUT2D eigenvalue weighted by atomic mass is 9.65. The number of methoxy groups -OCH3 is 1. The second kappa shape index (κ2) is 8.43. The number of hydrogen-bond donors (Lipinski definition) is 1. The zero-order valence-electron chi connectivity index (χ0n) is 20.2. The van der Waals surface area contributed by atoms with Gasteiger partial charge >= 0.3 is 5.97 Å². The number of fused-ring (bicyclic) bond motifs is 3. The number of carbonyl (C=O) groups excluding carboxylic acids is 2. The minimum atomic E-state index is -2.01. The molecule has 176 valence electrons. The molecule has 1 aromatic carbocycles. The Morgan fingerprint density at radius 1 is 1.34 bits per heavy atom. The normalized spacial score (nSPS) is 27.7. The quantitative estimate of drug-likeness (QED) is 0.373. The molecule has 32 heavy (non-hydrogen) atoms. The molecule has 0 aliphatic carbocycles. The van der Waals surface area contributed by atoms with E-state index in [0.29, 0.717) is 24.3 Å². The van der Waals surface area contributed by atoms with Gasteiger partial charge < -0.3 is 19.2 Å². The molecule has 2 aliphatic heterocycles. The summed E-state index contributed by atoms with van der Waals surface area (Å²) in [5, 5.41) is 12.1. The minimum absolute atomic E-state index is 0.0480. The van der Waals surface area contributed by atoms with E-state index in [4.69, 9.17) is 9.16 Å². The Morgan fingerprint density at radius 3 is 2.59 bits per heavy atom. The lowest BCUT2D eigenvalue weighted by Crippen LogP contribution is -2.66. The number of ether oxygens (including phenoxy) is 1. The van der Waals surface area contributed by atoms with Gasteiger partial charge in [0.15, 0.2) is 8.32 Å². The largest absolute Gasteiger partial charge is 0.468 e. The molecule has 6 nitrogen and oxygen atoms in total. The molecule has 2 heterocycles. The van der Waals surface area contributed by atoms with Crippen LogP contribution in [0.1, 0.15) is 52.0 Å². The number of piperidine rings is 1. The molecular weight excluding hydrogens is 422 g/mol. The van der Waals surface area contributed by atoms with Gasteiger partial charge in [-0.1, -0.05) is 45.0 Å². The second-order valence-corrected chi connectivity index (χ2v) is 15.4. The van der Waals surface area contributed by atoms with E-state index in [2.05, 4.69) is 40.4 Å². The maximum absolute atomic E-state index is 13.4. The number of hydrogen-bond acceptors (Lipinski definition) is 5. The molecule has 0 bridgehead atoms. The first-order chi connectivity index (χ1) is 14.9. The van der Waals surface area contributed by atoms with Gasteiger partial charge in [0.1, 0.15) is 5.41 Å². The van der Waals surface area contributed by atoms with Gasteiger partial charge in [0, 0.05) is 25.1 Å². The number of anilines is 1. The van der Waals surface area contributed by atoms with Gasteiger partial charge in [-0.05, 0) is 42.6 Å². The molecule has 0 aromatic heterocycles. The van der Waals surface area contributed by atoms with Crippen LogP contribution in [0.2, 0.25) is 18.1 Å². The van der Waals surface area contributed by atoms with E-state index in [9.17, 15) is 14.7 Å². The third-order valence-corrected chi connectivity index (χ3v) is 12.3. The van der Waals surface area contributed by atoms with Crippen molar-refractivity contribution in [2.24, 2.45) is 0 Å². The summed E-state index contributed by atoms with van der Waals surface area (Å²) in [7, 11) is -0.662. The monoisotopic (exact) mass is 459 g/mol. The predicted octanol–water partition coefficient (Wildman–Crippen LogP) is 4.33. The van der Waals surface area contributed by atoms with E-state index in [1.165, 1.54) is 7.11 Å². The number of rotatable bonds is 7. The predicted molar refractivity (Wildman–Crippen MR) is 128 cm³/mol. The molecule has 1 amide bonds. The maximum atomic E-state index is 13.4. The first kappa shape index (κ1) is 24.7. The van der Waals surface area contributed by atoms with Gasteiger partial charge in [0.25, 0.3) is 0 Å². The summed E-state index contributed by atoms with van der Waals surface area (Å²) in [5.41, 5.74) is -1.14. The Labute approximate surface area is 192 Å². The number of benzene rings is 1. The minimum Gasteiger partial charge on any atom is -0.468 e. The first-order valence-electron chi connectivity index (χ1n) is 11.3. The fraction of sp³-hybridized carbons (Fsp3) is 0.600. The number of carbonyl (C=O) groups is 2. The summed E-state index contributed by atoms with van der Waals surface area (Å²) >= 11 is 0. The Hall–Kier alpha value is -1.96. The van der Waals surface area contributed by atoms with Crippen LogP contribution in [0.25, 0.3) is 0 Å². The highest BCUT2D eigenvalue weighted by Gasteiger charge is 2.65. The van der Waals surface area contributed by atoms with Crippen molar-refractivity contribution in [2.45, 2.75) is 81.6 Å². The zero-order chi connectivity index (χ0) is 23.9. The van der Waals surface area contributed by atoms with Gasteiger partial charge in [0.05, 0.1) is 18.8 Å². The van der Waals surface area contributed by atoms with Crippen molar-refractivity contribution in [3.8, 4) is 0 Å². The van der Waals surface area contributed by atoms with Crippen LogP contribution >= 0.6 is 0 Å². The SMILES string of the molecule is C=CC[C@]1(C(=O)OC)c2ccccc2N2C(=O)CC[C@@](O)(CCO[Si](C)(C)C(C)(C)C)[C@H]21. The number of para-hydroxylation sites is 1. The molecule has 1 aromatic rings. The Morgan fingerprint density at radius 2 is 2.00 bits per heavy atom. The molecule has 1 saturated heterocycles. The molecular formula is C25H37NO5Si. The molecule has 0 radical (unpaired) electrons. The van der Waals surface area contributed by atoms with Crippen LogP contribution < -0.4 is 4.90 Å². The van der Waals surface area contributed by atoms with Crippen LogP contribution in [-0.2, 0) is 24.2 Å². The topological polar surface area (TPSA) is 76.1 Å². The summed E-state index contributed by atoms with van der Waals surface area (Å²) in [4.78, 5) is 28.1. The molecule has 3 rings (SSSR count). The number of nitrogens with zero attached hydrogens (tertiary/aromatic N) is 1. The van der Waals surface area contributed by atoms with Gasteiger partial charge in [-0.3, -0.25) is 9.59 Å². The van der Waals surface area contributed by atoms with Crippen molar-refractivity contribution >= 4 is 25.9 Å². The highest BCUT2D eigenvalue weighted by Crippen LogP contribution is 2.55. The highest BCUT2D eigenvalue weighted by molar-refractivity contribution is 6.74. The number of amides is 1. The average Bonchev–Trinajstić information content (AvgIpc) is 3.03. The fourth-order valence-corrected chi connectivity index (χ4v) is 6.07. The van der Waals surface area contributed by atoms with Gasteiger partial charge in [-0.25, -0.2) is 0 Å². The molecule has 2 aliphatic rings. The van der Waals surface area contributed by atoms with E-state index >= 15 is 0 Å². The third-order valence-electron chi connectivity index (χ3n) is 7.74. The summed E-state index contributed by atoms with van der Waals surface area (Å²) in [6.45, 7) is 15.1. The van der Waals surface area contributed by atoms with Crippen molar-refractivity contribution in [3.05, 3.63) is 42.5 Å². The molecule has 3 atom stereocenters. The zero-order valence-corrected chi connectivity index (χ0v) is 21.2. The van der Waals surface area contributed by atoms with E-state index in [1.807, 2.05) is 24.3 Å². The van der Waals surface area contributed by atoms with E-state index in [0.717, 1.165) is 0 Å². The second-order valence-electron chi connectivity index (χ2n) is 10.6. The van der Waals surface area contributed by atoms with Crippen LogP contribution in [0, 0.1) is 0 Å². The first-order valence-corrected chi connectivity index (χ1v) is 14.2. The standard InChI is InChI=1S/C25H37NO5Si/c1-8-14-25(22(28)30-5)18-11-9-10-12-19(18)26-20(27)13-15-24(29,21(25)26)16-17-31-32(6,7)23(2,3)4/h8-12,21,29H,1,13-17H2,2-7H3/t21-,24+,25-/m0/s1. The van der Waals surface area contributed by atoms with E-state index in [-0.39, 0.29) is 30.2 Å². The van der Waals surface area contributed by atoms with E-state index < -0.39 is 31.3 Å². The summed E-state index contributed by atoms with van der Waals surface area (Å²) in [5.74, 6) is -0.553. The highest BCUT2D eigenvalue weighted by atomic mass is 28.4. The van der Waals surface area contributed by atoms with Crippen LogP contribution in [0.5, 0.6) is 0 Å². The van der Waals surface area contributed by atoms with Crippen molar-refractivity contribution in [1.82, 2.24) is 0 Å². The fourth-order valence-electron chi connectivity index (χ4n) is 5.02. The van der Waals surface area contributed by atoms with Crippen LogP contribution in [-0.4, -0.2) is 50.7 Å². The smallest absolute Gasteiger partial charge is 0.318 e. The van der Waals surface area contributed by atoms with E-state index in [1.54, 1.807) is 11.0 Å². The Balaban J connectivity index is 2.06. The van der Waals surface area contributed by atoms with Crippen LogP contribution in [0.3, 0.4) is 0 Å². The molecule has 7 heteroatoms. The lowest BCUT2D eigenvalue weighted by molar-refractivity contribution is -0.154. The summed E-state index contributed by atoms with van der Waals surface area (Å²) in [6.07, 6.45) is 2.75. The summed E-state index contributed by atoms with van der Waals surface area (Å²) < 4.78 is 11.6. The van der Waals surface area contributed by atoms with Crippen LogP contribution in [0.4, 0.5) is 5.69 Å². The molecule has 1 fully saturated rings. The van der Waals surface area contributed by atoms with Crippen molar-refractivity contribution in [2.75, 3.05) is 18.6 Å². The average molecular weight is 460 g/mol. The molecule has 1 N–H and O–H groups in total. The van der Waals surface area contributed by atoms with Gasteiger partial charge in [-0.2, -0.15) is 0 Å². The lowest BCUT2D eigenvalue weighted by Gasteiger charge is -2.49. The number of aliphatic hydroxyl groups is 1. The Bertz CT molecular complexity index is 908. The molecule has 0 unspecified atom stereocenters. The maximum Gasteiger partial charge on any atom is 0.318 e. The Kier molecular flexibility index (Phi) is 6.50. The van der Waals surface area contributed by atoms with Crippen LogP contribution in [0.15, 0.2) is 36.9 Å². The number of esters is 1. The number of allylic oxidation sites excluding steroid dienone is 1. The summed E-state index contributed by atoms with van der Waals surface area (Å²) in [6, 6.07) is 6.61. The molecule has 0 spiro atoms. The van der Waals surface area contributed by atoms with Gasteiger partial charge in [-0.15, -0.1) is 6.58 Å². The molecule has 0 saturated carbocycles. The van der Waals surface area contributed by atoms with Gasteiger partial charge in [0.2, 0.25) is 5.91 Å². The third kappa shape index (κ3) is 3.74.